The predicted octanol–water partition coefficient (Wildman–Crippen LogP) is 0.355. The summed E-state index contributed by atoms with van der Waals surface area (Å²) in [5.41, 5.74) is 0. The smallest absolute Gasteiger partial charge is 0.157 e. The van der Waals surface area contributed by atoms with E-state index in [1.165, 1.54) is 5.75 Å². The molecule has 0 N–H and O–H groups in total. The Balaban J connectivity index is 2.79. The van der Waals surface area contributed by atoms with Crippen molar-refractivity contribution in [2.45, 2.75) is 18.6 Å². The van der Waals surface area contributed by atoms with Crippen LogP contribution in [0, 0.1) is 5.75 Å². The Bertz CT molecular complexity index is 157. The third kappa shape index (κ3) is 0.650. The zero-order chi connectivity index (χ0) is 5.49. The zero-order valence-corrected chi connectivity index (χ0v) is 4.90. The first-order chi connectivity index (χ1) is 3.13. The molecule has 0 aromatic heterocycles. The van der Waals surface area contributed by atoms with Crippen molar-refractivity contribution >= 4 is 9.84 Å². The maximum atomic E-state index is 10.4. The van der Waals surface area contributed by atoms with Crippen LogP contribution in [0.25, 0.3) is 0 Å². The molecule has 0 saturated carbocycles. The van der Waals surface area contributed by atoms with Crippen LogP contribution in [0.5, 0.6) is 0 Å². The summed E-state index contributed by atoms with van der Waals surface area (Å²) in [6.07, 6.45) is 0.738. The minimum Gasteiger partial charge on any atom is -0.228 e. The highest BCUT2D eigenvalue weighted by molar-refractivity contribution is 7.95. The average Bonchev–Trinajstić information content (AvgIpc) is 1.63. The maximum absolute atomic E-state index is 10.4. The van der Waals surface area contributed by atoms with Crippen molar-refractivity contribution in [3.05, 3.63) is 5.75 Å². The first-order valence-corrected chi connectivity index (χ1v) is 3.81. The van der Waals surface area contributed by atoms with E-state index in [1.807, 2.05) is 0 Å². The van der Waals surface area contributed by atoms with Crippen molar-refractivity contribution in [3.8, 4) is 0 Å². The molecule has 1 rings (SSSR count). The molecule has 1 aliphatic heterocycles. The number of sulfone groups is 1. The Morgan fingerprint density at radius 2 is 2.14 bits per heavy atom. The standard InChI is InChI=1S/C4H7O2S/c1-4-2-3-7(4,5)6/h3-4H,2H2,1H3. The zero-order valence-electron chi connectivity index (χ0n) is 4.09. The fourth-order valence-corrected chi connectivity index (χ4v) is 1.34. The second-order valence-corrected chi connectivity index (χ2v) is 4.12. The minimum atomic E-state index is -2.69. The molecule has 1 aliphatic rings. The van der Waals surface area contributed by atoms with Gasteiger partial charge in [0.1, 0.15) is 0 Å². The second-order valence-electron chi connectivity index (χ2n) is 1.80. The van der Waals surface area contributed by atoms with Crippen molar-refractivity contribution in [2.24, 2.45) is 0 Å². The Labute approximate surface area is 43.5 Å². The van der Waals surface area contributed by atoms with Gasteiger partial charge in [0.05, 0.1) is 11.0 Å². The predicted molar refractivity (Wildman–Crippen MR) is 27.3 cm³/mol. The van der Waals surface area contributed by atoms with Crippen LogP contribution in [0.1, 0.15) is 13.3 Å². The molecule has 1 atom stereocenters. The summed E-state index contributed by atoms with van der Waals surface area (Å²) in [4.78, 5) is 0. The molecule has 0 aliphatic carbocycles. The van der Waals surface area contributed by atoms with Crippen LogP contribution in [0.4, 0.5) is 0 Å². The van der Waals surface area contributed by atoms with E-state index in [9.17, 15) is 8.42 Å². The van der Waals surface area contributed by atoms with Crippen LogP contribution in [-0.2, 0) is 9.84 Å². The van der Waals surface area contributed by atoms with E-state index in [4.69, 9.17) is 0 Å². The molecule has 0 aromatic rings. The lowest BCUT2D eigenvalue weighted by atomic mass is 10.3. The topological polar surface area (TPSA) is 34.1 Å². The first-order valence-electron chi connectivity index (χ1n) is 2.20. The highest BCUT2D eigenvalue weighted by atomic mass is 32.2. The van der Waals surface area contributed by atoms with Gasteiger partial charge in [0.25, 0.3) is 0 Å². The van der Waals surface area contributed by atoms with Crippen LogP contribution in [0.2, 0.25) is 0 Å². The summed E-state index contributed by atoms with van der Waals surface area (Å²) >= 11 is 0. The third-order valence-electron chi connectivity index (χ3n) is 1.22. The fourth-order valence-electron chi connectivity index (χ4n) is 0.446. The van der Waals surface area contributed by atoms with E-state index in [2.05, 4.69) is 0 Å². The van der Waals surface area contributed by atoms with Crippen LogP contribution >= 0.6 is 0 Å². The van der Waals surface area contributed by atoms with Gasteiger partial charge in [0.15, 0.2) is 9.84 Å². The average molecular weight is 119 g/mol. The van der Waals surface area contributed by atoms with Gasteiger partial charge in [-0.05, 0) is 13.3 Å². The van der Waals surface area contributed by atoms with Gasteiger partial charge in [-0.1, -0.05) is 0 Å². The Morgan fingerprint density at radius 1 is 1.71 bits per heavy atom. The summed E-state index contributed by atoms with van der Waals surface area (Å²) in [5, 5.41) is -0.104. The van der Waals surface area contributed by atoms with Crippen molar-refractivity contribution in [3.63, 3.8) is 0 Å². The van der Waals surface area contributed by atoms with Crippen LogP contribution in [0.3, 0.4) is 0 Å². The SMILES string of the molecule is CC1C[CH]S1(=O)=O. The summed E-state index contributed by atoms with van der Waals surface area (Å²) in [5.74, 6) is 1.36. The van der Waals surface area contributed by atoms with E-state index in [1.54, 1.807) is 6.92 Å². The van der Waals surface area contributed by atoms with Gasteiger partial charge in [-0.15, -0.1) is 0 Å². The number of hydrogen-bond acceptors (Lipinski definition) is 2. The van der Waals surface area contributed by atoms with Gasteiger partial charge in [-0.25, -0.2) is 8.42 Å². The lowest BCUT2D eigenvalue weighted by Crippen LogP contribution is -2.28. The van der Waals surface area contributed by atoms with Gasteiger partial charge in [-0.2, -0.15) is 0 Å². The van der Waals surface area contributed by atoms with E-state index < -0.39 is 9.84 Å². The number of hydrogen-bond donors (Lipinski definition) is 0. The summed E-state index contributed by atoms with van der Waals surface area (Å²) < 4.78 is 20.7. The van der Waals surface area contributed by atoms with Crippen LogP contribution in [-0.4, -0.2) is 13.7 Å². The van der Waals surface area contributed by atoms with Gasteiger partial charge < -0.3 is 0 Å². The summed E-state index contributed by atoms with van der Waals surface area (Å²) in [7, 11) is -2.69. The molecule has 0 aromatic carbocycles. The number of rotatable bonds is 0. The molecule has 0 bridgehead atoms. The molecule has 7 heavy (non-hydrogen) atoms. The Morgan fingerprint density at radius 3 is 2.14 bits per heavy atom. The molecule has 1 radical (unpaired) electrons. The molecule has 1 unspecified atom stereocenters. The summed E-state index contributed by atoms with van der Waals surface area (Å²) in [6.45, 7) is 1.72. The Hall–Kier alpha value is -0.0500. The van der Waals surface area contributed by atoms with Gasteiger partial charge in [0, 0.05) is 0 Å². The van der Waals surface area contributed by atoms with Crippen LogP contribution < -0.4 is 0 Å². The highest BCUT2D eigenvalue weighted by Gasteiger charge is 2.31. The monoisotopic (exact) mass is 119 g/mol. The van der Waals surface area contributed by atoms with Crippen molar-refractivity contribution < 1.29 is 8.42 Å². The molecule has 0 amide bonds. The quantitative estimate of drug-likeness (QED) is 0.461. The molecule has 41 valence electrons. The summed E-state index contributed by atoms with van der Waals surface area (Å²) in [6, 6.07) is 0. The lowest BCUT2D eigenvalue weighted by molar-refractivity contribution is 0.570. The van der Waals surface area contributed by atoms with Gasteiger partial charge in [0.2, 0.25) is 0 Å². The van der Waals surface area contributed by atoms with E-state index >= 15 is 0 Å². The Kier molecular flexibility index (Phi) is 0.885. The van der Waals surface area contributed by atoms with E-state index in [0.29, 0.717) is 0 Å². The molecule has 0 spiro atoms. The normalized spacial score (nSPS) is 37.0. The maximum Gasteiger partial charge on any atom is 0.157 e. The molecule has 1 fully saturated rings. The van der Waals surface area contributed by atoms with Gasteiger partial charge >= 0.3 is 0 Å². The van der Waals surface area contributed by atoms with Gasteiger partial charge in [-0.3, -0.25) is 0 Å². The molecular formula is C4H7O2S. The third-order valence-corrected chi connectivity index (χ3v) is 3.19. The molecule has 2 nitrogen and oxygen atoms in total. The van der Waals surface area contributed by atoms with E-state index in [-0.39, 0.29) is 5.25 Å². The molecule has 1 heterocycles. The molecular weight excluding hydrogens is 112 g/mol. The lowest BCUT2D eigenvalue weighted by Gasteiger charge is -2.19. The first kappa shape index (κ1) is 5.09. The largest absolute Gasteiger partial charge is 0.228 e. The fraction of sp³-hybridized carbons (Fsp3) is 0.750. The van der Waals surface area contributed by atoms with Crippen molar-refractivity contribution in [2.75, 3.05) is 0 Å². The minimum absolute atomic E-state index is 0.104. The van der Waals surface area contributed by atoms with Crippen LogP contribution in [0.15, 0.2) is 0 Å². The molecule has 1 saturated heterocycles. The van der Waals surface area contributed by atoms with Crippen molar-refractivity contribution in [1.82, 2.24) is 0 Å². The highest BCUT2D eigenvalue weighted by Crippen LogP contribution is 2.23. The van der Waals surface area contributed by atoms with Crippen molar-refractivity contribution in [1.29, 1.82) is 0 Å². The molecule has 3 heteroatoms. The van der Waals surface area contributed by atoms with E-state index in [0.717, 1.165) is 6.42 Å². The second kappa shape index (κ2) is 1.22.